The minimum Gasteiger partial charge on any atom is -0.391 e. The van der Waals surface area contributed by atoms with Crippen LogP contribution in [0.5, 0.6) is 0 Å². The summed E-state index contributed by atoms with van der Waals surface area (Å²) >= 11 is 0. The van der Waals surface area contributed by atoms with Crippen LogP contribution < -0.4 is 0 Å². The summed E-state index contributed by atoms with van der Waals surface area (Å²) in [6.07, 6.45) is 2.53. The first-order chi connectivity index (χ1) is 6.20. The number of carbonyl (C=O) groups excluding carboxylic acids is 2. The lowest BCUT2D eigenvalue weighted by molar-refractivity contribution is -0.143. The fourth-order valence-corrected chi connectivity index (χ4v) is 2.19. The lowest BCUT2D eigenvalue weighted by Gasteiger charge is -2.24. The minimum absolute atomic E-state index is 0.115. The summed E-state index contributed by atoms with van der Waals surface area (Å²) in [5, 5.41) is 9.54. The Morgan fingerprint density at radius 2 is 1.77 bits per heavy atom. The monoisotopic (exact) mass is 183 g/mol. The van der Waals surface area contributed by atoms with Crippen LogP contribution in [0, 0.1) is 0 Å². The molecule has 2 aliphatic rings. The SMILES string of the molecule is O=C1CCC(=O)N1C1CCCC1O. The van der Waals surface area contributed by atoms with Crippen LogP contribution in [0.1, 0.15) is 32.1 Å². The maximum atomic E-state index is 11.3. The highest BCUT2D eigenvalue weighted by Crippen LogP contribution is 2.28. The predicted octanol–water partition coefficient (Wildman–Crippen LogP) is 0.0488. The highest BCUT2D eigenvalue weighted by atomic mass is 16.3. The van der Waals surface area contributed by atoms with E-state index < -0.39 is 6.10 Å². The van der Waals surface area contributed by atoms with Gasteiger partial charge in [-0.15, -0.1) is 0 Å². The molecule has 1 saturated heterocycles. The van der Waals surface area contributed by atoms with Crippen LogP contribution in [0.4, 0.5) is 0 Å². The molecule has 0 aromatic rings. The number of imide groups is 1. The van der Waals surface area contributed by atoms with E-state index in [-0.39, 0.29) is 17.9 Å². The van der Waals surface area contributed by atoms with Crippen molar-refractivity contribution in [3.05, 3.63) is 0 Å². The van der Waals surface area contributed by atoms with E-state index in [1.54, 1.807) is 0 Å². The number of carbonyl (C=O) groups is 2. The van der Waals surface area contributed by atoms with Gasteiger partial charge in [0.05, 0.1) is 12.1 Å². The molecule has 2 fully saturated rings. The largest absolute Gasteiger partial charge is 0.391 e. The fraction of sp³-hybridized carbons (Fsp3) is 0.778. The van der Waals surface area contributed by atoms with Crippen molar-refractivity contribution in [1.29, 1.82) is 0 Å². The van der Waals surface area contributed by atoms with E-state index in [4.69, 9.17) is 0 Å². The van der Waals surface area contributed by atoms with Gasteiger partial charge in [-0.05, 0) is 19.3 Å². The Kier molecular flexibility index (Phi) is 2.07. The van der Waals surface area contributed by atoms with Gasteiger partial charge < -0.3 is 5.11 Å². The van der Waals surface area contributed by atoms with Gasteiger partial charge in [-0.1, -0.05) is 0 Å². The Labute approximate surface area is 76.5 Å². The molecule has 1 aliphatic heterocycles. The number of rotatable bonds is 1. The summed E-state index contributed by atoms with van der Waals surface area (Å²) in [4.78, 5) is 23.9. The van der Waals surface area contributed by atoms with Crippen molar-refractivity contribution >= 4 is 11.8 Å². The van der Waals surface area contributed by atoms with Crippen molar-refractivity contribution in [3.8, 4) is 0 Å². The Balaban J connectivity index is 2.14. The Hall–Kier alpha value is -0.900. The molecule has 0 aromatic carbocycles. The number of hydrogen-bond donors (Lipinski definition) is 1. The molecule has 2 amide bonds. The fourth-order valence-electron chi connectivity index (χ4n) is 2.19. The third-order valence-corrected chi connectivity index (χ3v) is 2.87. The zero-order chi connectivity index (χ0) is 9.42. The Morgan fingerprint density at radius 1 is 1.15 bits per heavy atom. The molecule has 0 aromatic heterocycles. The van der Waals surface area contributed by atoms with Crippen LogP contribution in [0.3, 0.4) is 0 Å². The molecular weight excluding hydrogens is 170 g/mol. The lowest BCUT2D eigenvalue weighted by atomic mass is 10.2. The standard InChI is InChI=1S/C9H13NO3/c11-7-3-1-2-6(7)10-8(12)4-5-9(10)13/h6-7,11H,1-5H2. The molecule has 4 nitrogen and oxygen atoms in total. The maximum absolute atomic E-state index is 11.3. The second-order valence-corrected chi connectivity index (χ2v) is 3.72. The number of amides is 2. The van der Waals surface area contributed by atoms with E-state index >= 15 is 0 Å². The van der Waals surface area contributed by atoms with Gasteiger partial charge in [-0.3, -0.25) is 14.5 Å². The molecule has 0 radical (unpaired) electrons. The van der Waals surface area contributed by atoms with Crippen LogP contribution in [0.2, 0.25) is 0 Å². The van der Waals surface area contributed by atoms with Gasteiger partial charge in [0.2, 0.25) is 11.8 Å². The molecule has 1 heterocycles. The summed E-state index contributed by atoms with van der Waals surface area (Å²) in [6, 6.07) is -0.234. The van der Waals surface area contributed by atoms with Crippen molar-refractivity contribution in [3.63, 3.8) is 0 Å². The van der Waals surface area contributed by atoms with Crippen LogP contribution in [-0.4, -0.2) is 34.0 Å². The van der Waals surface area contributed by atoms with Crippen LogP contribution in [0.15, 0.2) is 0 Å². The van der Waals surface area contributed by atoms with Gasteiger partial charge in [0, 0.05) is 12.8 Å². The highest BCUT2D eigenvalue weighted by molar-refractivity contribution is 6.02. The first kappa shape index (κ1) is 8.69. The van der Waals surface area contributed by atoms with E-state index in [1.165, 1.54) is 4.90 Å². The Morgan fingerprint density at radius 3 is 2.23 bits per heavy atom. The molecule has 4 heteroatoms. The normalized spacial score (nSPS) is 34.7. The van der Waals surface area contributed by atoms with Crippen molar-refractivity contribution in [2.75, 3.05) is 0 Å². The molecule has 0 bridgehead atoms. The van der Waals surface area contributed by atoms with Gasteiger partial charge in [0.15, 0.2) is 0 Å². The van der Waals surface area contributed by atoms with E-state index in [0.29, 0.717) is 19.3 Å². The zero-order valence-corrected chi connectivity index (χ0v) is 7.40. The second kappa shape index (κ2) is 3.10. The van der Waals surface area contributed by atoms with E-state index in [9.17, 15) is 14.7 Å². The third kappa shape index (κ3) is 1.35. The number of aliphatic hydroxyl groups is 1. The molecule has 2 atom stereocenters. The molecule has 0 spiro atoms. The second-order valence-electron chi connectivity index (χ2n) is 3.72. The first-order valence-electron chi connectivity index (χ1n) is 4.73. The summed E-state index contributed by atoms with van der Waals surface area (Å²) in [5.74, 6) is -0.230. The topological polar surface area (TPSA) is 57.6 Å². The Bertz CT molecular complexity index is 235. The number of nitrogens with zero attached hydrogens (tertiary/aromatic N) is 1. The highest BCUT2D eigenvalue weighted by Gasteiger charge is 2.40. The summed E-state index contributed by atoms with van der Waals surface area (Å²) < 4.78 is 0. The molecule has 1 saturated carbocycles. The van der Waals surface area contributed by atoms with E-state index in [0.717, 1.165) is 12.8 Å². The average Bonchev–Trinajstić information content (AvgIpc) is 2.60. The minimum atomic E-state index is -0.494. The van der Waals surface area contributed by atoms with Gasteiger partial charge in [0.1, 0.15) is 0 Å². The smallest absolute Gasteiger partial charge is 0.230 e. The average molecular weight is 183 g/mol. The molecule has 2 unspecified atom stereocenters. The molecule has 2 rings (SSSR count). The van der Waals surface area contributed by atoms with E-state index in [2.05, 4.69) is 0 Å². The number of likely N-dealkylation sites (tertiary alicyclic amines) is 1. The van der Waals surface area contributed by atoms with Crippen LogP contribution >= 0.6 is 0 Å². The van der Waals surface area contributed by atoms with Gasteiger partial charge in [-0.25, -0.2) is 0 Å². The predicted molar refractivity (Wildman–Crippen MR) is 44.7 cm³/mol. The molecular formula is C9H13NO3. The first-order valence-corrected chi connectivity index (χ1v) is 4.73. The number of hydrogen-bond acceptors (Lipinski definition) is 3. The third-order valence-electron chi connectivity index (χ3n) is 2.87. The van der Waals surface area contributed by atoms with Gasteiger partial charge >= 0.3 is 0 Å². The van der Waals surface area contributed by atoms with E-state index in [1.807, 2.05) is 0 Å². The molecule has 13 heavy (non-hydrogen) atoms. The maximum Gasteiger partial charge on any atom is 0.230 e. The summed E-state index contributed by atoms with van der Waals surface area (Å²) in [7, 11) is 0. The number of aliphatic hydroxyl groups excluding tert-OH is 1. The molecule has 72 valence electrons. The summed E-state index contributed by atoms with van der Waals surface area (Å²) in [5.41, 5.74) is 0. The quantitative estimate of drug-likeness (QED) is 0.584. The van der Waals surface area contributed by atoms with Gasteiger partial charge in [0.25, 0.3) is 0 Å². The van der Waals surface area contributed by atoms with Crippen molar-refractivity contribution in [1.82, 2.24) is 4.90 Å². The van der Waals surface area contributed by atoms with Crippen LogP contribution in [-0.2, 0) is 9.59 Å². The van der Waals surface area contributed by atoms with Crippen molar-refractivity contribution < 1.29 is 14.7 Å². The van der Waals surface area contributed by atoms with Crippen LogP contribution in [0.25, 0.3) is 0 Å². The zero-order valence-electron chi connectivity index (χ0n) is 7.40. The van der Waals surface area contributed by atoms with Crippen molar-refractivity contribution in [2.24, 2.45) is 0 Å². The lowest BCUT2D eigenvalue weighted by Crippen LogP contribution is -2.43. The van der Waals surface area contributed by atoms with Gasteiger partial charge in [-0.2, -0.15) is 0 Å². The van der Waals surface area contributed by atoms with Crippen molar-refractivity contribution in [2.45, 2.75) is 44.2 Å². The summed E-state index contributed by atoms with van der Waals surface area (Å²) in [6.45, 7) is 0. The molecule has 1 N–H and O–H groups in total. The molecule has 1 aliphatic carbocycles.